The van der Waals surface area contributed by atoms with Gasteiger partial charge in [0.05, 0.1) is 17.1 Å². The molecule has 0 amide bonds. The average molecular weight is 294 g/mol. The van der Waals surface area contributed by atoms with Crippen LogP contribution < -0.4 is 11.5 Å². The number of anilines is 2. The number of nitrogen functional groups attached to an aromatic ring is 2. The SMILES string of the molecule is N#Cc1cc(Sc2nc(N)cc(N)n2)nc2ccccc12. The Hall–Kier alpha value is -2.85. The number of fused-ring (bicyclic) bond motifs is 1. The van der Waals surface area contributed by atoms with Gasteiger partial charge in [-0.2, -0.15) is 5.26 Å². The zero-order valence-corrected chi connectivity index (χ0v) is 11.6. The molecular formula is C14H10N6S. The van der Waals surface area contributed by atoms with Gasteiger partial charge in [0.15, 0.2) is 5.16 Å². The van der Waals surface area contributed by atoms with Crippen molar-refractivity contribution >= 4 is 34.3 Å². The highest BCUT2D eigenvalue weighted by Gasteiger charge is 2.09. The van der Waals surface area contributed by atoms with E-state index in [1.807, 2.05) is 24.3 Å². The van der Waals surface area contributed by atoms with Gasteiger partial charge in [0.2, 0.25) is 0 Å². The van der Waals surface area contributed by atoms with Crippen LogP contribution in [-0.4, -0.2) is 15.0 Å². The van der Waals surface area contributed by atoms with Crippen LogP contribution in [0, 0.1) is 11.3 Å². The number of para-hydroxylation sites is 1. The Morgan fingerprint density at radius 3 is 2.43 bits per heavy atom. The van der Waals surface area contributed by atoms with Gasteiger partial charge in [-0.3, -0.25) is 0 Å². The minimum Gasteiger partial charge on any atom is -0.383 e. The fourth-order valence-corrected chi connectivity index (χ4v) is 2.71. The molecule has 102 valence electrons. The fourth-order valence-electron chi connectivity index (χ4n) is 1.90. The molecule has 0 saturated carbocycles. The zero-order valence-electron chi connectivity index (χ0n) is 10.8. The smallest absolute Gasteiger partial charge is 0.197 e. The van der Waals surface area contributed by atoms with Gasteiger partial charge < -0.3 is 11.5 Å². The molecule has 4 N–H and O–H groups in total. The summed E-state index contributed by atoms with van der Waals surface area (Å²) in [6.45, 7) is 0. The molecule has 0 aliphatic rings. The van der Waals surface area contributed by atoms with Gasteiger partial charge >= 0.3 is 0 Å². The predicted octanol–water partition coefficient (Wildman–Crippen LogP) is 2.21. The third-order valence-corrected chi connectivity index (χ3v) is 3.54. The van der Waals surface area contributed by atoms with Crippen LogP contribution in [0.3, 0.4) is 0 Å². The van der Waals surface area contributed by atoms with E-state index in [1.165, 1.54) is 17.8 Å². The molecule has 0 atom stereocenters. The second kappa shape index (κ2) is 5.26. The lowest BCUT2D eigenvalue weighted by molar-refractivity contribution is 0.979. The van der Waals surface area contributed by atoms with Crippen molar-refractivity contribution in [2.75, 3.05) is 11.5 Å². The highest BCUT2D eigenvalue weighted by Crippen LogP contribution is 2.28. The second-order valence-corrected chi connectivity index (χ2v) is 5.23. The number of pyridine rings is 1. The second-order valence-electron chi connectivity index (χ2n) is 4.24. The van der Waals surface area contributed by atoms with Crippen LogP contribution in [-0.2, 0) is 0 Å². The number of nitrogens with zero attached hydrogens (tertiary/aromatic N) is 4. The molecule has 0 aliphatic heterocycles. The number of hydrogen-bond donors (Lipinski definition) is 2. The molecule has 0 unspecified atom stereocenters. The van der Waals surface area contributed by atoms with E-state index >= 15 is 0 Å². The Kier molecular flexibility index (Phi) is 3.30. The fraction of sp³-hybridized carbons (Fsp3) is 0. The van der Waals surface area contributed by atoms with Gasteiger partial charge in [0.25, 0.3) is 0 Å². The summed E-state index contributed by atoms with van der Waals surface area (Å²) in [5, 5.41) is 11.1. The van der Waals surface area contributed by atoms with Crippen LogP contribution >= 0.6 is 11.8 Å². The first-order valence-corrected chi connectivity index (χ1v) is 6.85. The lowest BCUT2D eigenvalue weighted by atomic mass is 10.1. The molecule has 2 heterocycles. The molecule has 0 spiro atoms. The largest absolute Gasteiger partial charge is 0.383 e. The van der Waals surface area contributed by atoms with Gasteiger partial charge in [-0.25, -0.2) is 15.0 Å². The summed E-state index contributed by atoms with van der Waals surface area (Å²) >= 11 is 1.22. The topological polar surface area (TPSA) is 114 Å². The van der Waals surface area contributed by atoms with Gasteiger partial charge in [-0.1, -0.05) is 18.2 Å². The lowest BCUT2D eigenvalue weighted by Gasteiger charge is -2.05. The van der Waals surface area contributed by atoms with Crippen LogP contribution in [0.4, 0.5) is 11.6 Å². The van der Waals surface area contributed by atoms with Crippen molar-refractivity contribution in [3.63, 3.8) is 0 Å². The maximum Gasteiger partial charge on any atom is 0.197 e. The molecule has 0 radical (unpaired) electrons. The number of benzene rings is 1. The van der Waals surface area contributed by atoms with E-state index in [0.717, 1.165) is 10.9 Å². The zero-order chi connectivity index (χ0) is 14.8. The van der Waals surface area contributed by atoms with Crippen LogP contribution in [0.15, 0.2) is 46.6 Å². The highest BCUT2D eigenvalue weighted by molar-refractivity contribution is 7.99. The van der Waals surface area contributed by atoms with Crippen molar-refractivity contribution in [3.8, 4) is 6.07 Å². The lowest BCUT2D eigenvalue weighted by Crippen LogP contribution is -1.99. The molecule has 6 nitrogen and oxygen atoms in total. The number of hydrogen-bond acceptors (Lipinski definition) is 7. The summed E-state index contributed by atoms with van der Waals surface area (Å²) in [6.07, 6.45) is 0. The van der Waals surface area contributed by atoms with E-state index in [1.54, 1.807) is 6.07 Å². The predicted molar refractivity (Wildman–Crippen MR) is 81.4 cm³/mol. The van der Waals surface area contributed by atoms with Crippen LogP contribution in [0.1, 0.15) is 5.56 Å². The standard InChI is InChI=1S/C14H10N6S/c15-7-8-5-13(18-10-4-2-1-3-9(8)10)21-14-19-11(16)6-12(17)20-14/h1-6H,(H4,16,17,19,20). The molecule has 21 heavy (non-hydrogen) atoms. The molecule has 0 saturated heterocycles. The number of rotatable bonds is 2. The van der Waals surface area contributed by atoms with Gasteiger partial charge in [0.1, 0.15) is 16.7 Å². The summed E-state index contributed by atoms with van der Waals surface area (Å²) < 4.78 is 0. The maximum absolute atomic E-state index is 9.26. The van der Waals surface area contributed by atoms with Gasteiger partial charge in [0, 0.05) is 11.5 Å². The summed E-state index contributed by atoms with van der Waals surface area (Å²) in [7, 11) is 0. The first-order chi connectivity index (χ1) is 10.2. The van der Waals surface area contributed by atoms with E-state index in [2.05, 4.69) is 21.0 Å². The molecule has 3 rings (SSSR count). The van der Waals surface area contributed by atoms with Crippen molar-refractivity contribution in [1.82, 2.24) is 15.0 Å². The highest BCUT2D eigenvalue weighted by atomic mass is 32.2. The first kappa shape index (κ1) is 13.1. The summed E-state index contributed by atoms with van der Waals surface area (Å²) in [5.74, 6) is 0.595. The van der Waals surface area contributed by atoms with Crippen LogP contribution in [0.25, 0.3) is 10.9 Å². The third kappa shape index (κ3) is 2.70. The Labute approximate surface area is 124 Å². The molecule has 7 heteroatoms. The monoisotopic (exact) mass is 294 g/mol. The van der Waals surface area contributed by atoms with E-state index < -0.39 is 0 Å². The van der Waals surface area contributed by atoms with E-state index in [9.17, 15) is 5.26 Å². The molecule has 3 aromatic rings. The quantitative estimate of drug-likeness (QED) is 0.696. The Morgan fingerprint density at radius 1 is 1.00 bits per heavy atom. The molecule has 0 aliphatic carbocycles. The van der Waals surface area contributed by atoms with Crippen molar-refractivity contribution in [1.29, 1.82) is 5.26 Å². The maximum atomic E-state index is 9.26. The minimum atomic E-state index is 0.297. The first-order valence-electron chi connectivity index (χ1n) is 6.03. The molecular weight excluding hydrogens is 284 g/mol. The summed E-state index contributed by atoms with van der Waals surface area (Å²) in [6, 6.07) is 12.8. The van der Waals surface area contributed by atoms with E-state index in [-0.39, 0.29) is 0 Å². The van der Waals surface area contributed by atoms with Crippen molar-refractivity contribution in [2.24, 2.45) is 0 Å². The molecule has 0 bridgehead atoms. The summed E-state index contributed by atoms with van der Waals surface area (Å²) in [4.78, 5) is 12.7. The minimum absolute atomic E-state index is 0.297. The normalized spacial score (nSPS) is 10.4. The van der Waals surface area contributed by atoms with Crippen molar-refractivity contribution in [2.45, 2.75) is 10.2 Å². The van der Waals surface area contributed by atoms with Crippen LogP contribution in [0.2, 0.25) is 0 Å². The Balaban J connectivity index is 2.07. The van der Waals surface area contributed by atoms with Crippen LogP contribution in [0.5, 0.6) is 0 Å². The summed E-state index contributed by atoms with van der Waals surface area (Å²) in [5.41, 5.74) is 12.6. The van der Waals surface area contributed by atoms with Gasteiger partial charge in [-0.15, -0.1) is 0 Å². The third-order valence-electron chi connectivity index (χ3n) is 2.75. The van der Waals surface area contributed by atoms with Gasteiger partial charge in [-0.05, 0) is 23.9 Å². The molecule has 0 fully saturated rings. The Morgan fingerprint density at radius 2 is 1.71 bits per heavy atom. The molecule has 2 aromatic heterocycles. The van der Waals surface area contributed by atoms with Crippen molar-refractivity contribution < 1.29 is 0 Å². The number of nitrogens with two attached hydrogens (primary N) is 2. The number of nitriles is 1. The van der Waals surface area contributed by atoms with E-state index in [4.69, 9.17) is 11.5 Å². The average Bonchev–Trinajstić information content (AvgIpc) is 2.45. The Bertz CT molecular complexity index is 851. The van der Waals surface area contributed by atoms with E-state index in [0.29, 0.717) is 27.4 Å². The number of aromatic nitrogens is 3. The van der Waals surface area contributed by atoms with Crippen molar-refractivity contribution in [3.05, 3.63) is 42.0 Å². The molecule has 1 aromatic carbocycles.